The molecule has 0 bridgehead atoms. The molecule has 9 heteroatoms. The maximum Gasteiger partial charge on any atom is 0.416 e. The van der Waals surface area contributed by atoms with Crippen molar-refractivity contribution in [2.75, 3.05) is 0 Å². The topological polar surface area (TPSA) is 80.7 Å². The van der Waals surface area contributed by atoms with Crippen molar-refractivity contribution in [2.24, 2.45) is 0 Å². The van der Waals surface area contributed by atoms with Crippen LogP contribution in [-0.2, 0) is 21.1 Å². The van der Waals surface area contributed by atoms with Gasteiger partial charge in [-0.2, -0.15) is 21.6 Å². The highest BCUT2D eigenvalue weighted by Gasteiger charge is 2.30. The van der Waals surface area contributed by atoms with Crippen molar-refractivity contribution in [3.8, 4) is 16.9 Å². The normalized spacial score (nSPS) is 12.0. The zero-order valence-corrected chi connectivity index (χ0v) is 13.0. The Kier molecular flexibility index (Phi) is 4.68. The molecule has 2 aromatic carbocycles. The summed E-state index contributed by atoms with van der Waals surface area (Å²) < 4.78 is 74.4. The van der Waals surface area contributed by atoms with Gasteiger partial charge in [-0.3, -0.25) is 9.35 Å². The number of ether oxygens (including phenoxy) is 1. The molecule has 0 aliphatic carbocycles. The van der Waals surface area contributed by atoms with Gasteiger partial charge in [0.1, 0.15) is 4.90 Å². The summed E-state index contributed by atoms with van der Waals surface area (Å²) in [5.41, 5.74) is -0.327. The highest BCUT2D eigenvalue weighted by molar-refractivity contribution is 7.86. The van der Waals surface area contributed by atoms with Gasteiger partial charge in [-0.15, -0.1) is 0 Å². The summed E-state index contributed by atoms with van der Waals surface area (Å²) in [5, 5.41) is 0. The van der Waals surface area contributed by atoms with Crippen molar-refractivity contribution >= 4 is 16.1 Å². The van der Waals surface area contributed by atoms with Gasteiger partial charge in [0, 0.05) is 6.92 Å². The van der Waals surface area contributed by atoms with Crippen LogP contribution in [0.25, 0.3) is 11.1 Å². The van der Waals surface area contributed by atoms with E-state index in [4.69, 9.17) is 4.74 Å². The Hall–Kier alpha value is -2.39. The van der Waals surface area contributed by atoms with E-state index in [1.165, 1.54) is 6.07 Å². The fourth-order valence-electron chi connectivity index (χ4n) is 1.98. The Morgan fingerprint density at radius 2 is 1.58 bits per heavy atom. The average Bonchev–Trinajstić information content (AvgIpc) is 2.45. The molecule has 0 atom stereocenters. The summed E-state index contributed by atoms with van der Waals surface area (Å²) in [5.74, 6) is -1.16. The van der Waals surface area contributed by atoms with Crippen LogP contribution in [0.1, 0.15) is 12.5 Å². The average molecular weight is 360 g/mol. The van der Waals surface area contributed by atoms with E-state index in [1.807, 2.05) is 0 Å². The SMILES string of the molecule is CC(=O)Oc1ccc(-c2ccc(C(F)(F)F)cc2)cc1S(=O)(=O)O. The number of carbonyl (C=O) groups excluding carboxylic acids is 1. The summed E-state index contributed by atoms with van der Waals surface area (Å²) in [4.78, 5) is 10.3. The third kappa shape index (κ3) is 4.12. The standard InChI is InChI=1S/C15H11F3O5S/c1-9(19)23-13-7-4-11(8-14(13)24(20,21)22)10-2-5-12(6-3-10)15(16,17)18/h2-8H,1H3,(H,20,21,22). The maximum absolute atomic E-state index is 12.6. The Morgan fingerprint density at radius 3 is 2.04 bits per heavy atom. The third-order valence-corrected chi connectivity index (χ3v) is 3.90. The molecule has 2 aromatic rings. The van der Waals surface area contributed by atoms with Gasteiger partial charge in [0.2, 0.25) is 0 Å². The lowest BCUT2D eigenvalue weighted by molar-refractivity contribution is -0.137. The molecule has 128 valence electrons. The van der Waals surface area contributed by atoms with Crippen LogP contribution in [0.4, 0.5) is 13.2 Å². The zero-order valence-electron chi connectivity index (χ0n) is 12.2. The van der Waals surface area contributed by atoms with Gasteiger partial charge in [-0.25, -0.2) is 0 Å². The van der Waals surface area contributed by atoms with E-state index >= 15 is 0 Å². The fourth-order valence-corrected chi connectivity index (χ4v) is 2.62. The summed E-state index contributed by atoms with van der Waals surface area (Å²) in [6.45, 7) is 1.05. The van der Waals surface area contributed by atoms with Crippen LogP contribution in [-0.4, -0.2) is 18.9 Å². The fraction of sp³-hybridized carbons (Fsp3) is 0.133. The summed E-state index contributed by atoms with van der Waals surface area (Å²) in [6.07, 6.45) is -4.49. The summed E-state index contributed by atoms with van der Waals surface area (Å²) in [7, 11) is -4.70. The number of carbonyl (C=O) groups is 1. The molecule has 0 aliphatic rings. The molecule has 0 saturated carbocycles. The lowest BCUT2D eigenvalue weighted by Crippen LogP contribution is -2.07. The first-order valence-corrected chi connectivity index (χ1v) is 7.90. The predicted octanol–water partition coefficient (Wildman–Crippen LogP) is 3.54. The Labute approximate surface area is 135 Å². The molecule has 0 aliphatic heterocycles. The minimum absolute atomic E-state index is 0.229. The van der Waals surface area contributed by atoms with Crippen LogP contribution in [0.3, 0.4) is 0 Å². The number of hydrogen-bond acceptors (Lipinski definition) is 4. The zero-order chi connectivity index (χ0) is 18.1. The molecule has 0 fully saturated rings. The van der Waals surface area contributed by atoms with Crippen LogP contribution in [0.2, 0.25) is 0 Å². The number of esters is 1. The number of halogens is 3. The largest absolute Gasteiger partial charge is 0.425 e. The molecule has 2 rings (SSSR count). The van der Waals surface area contributed by atoms with Gasteiger partial charge in [0.05, 0.1) is 5.56 Å². The number of alkyl halides is 3. The van der Waals surface area contributed by atoms with Crippen molar-refractivity contribution in [3.63, 3.8) is 0 Å². The van der Waals surface area contributed by atoms with Crippen LogP contribution in [0, 0.1) is 0 Å². The molecule has 0 aromatic heterocycles. The van der Waals surface area contributed by atoms with Crippen molar-refractivity contribution < 1.29 is 35.7 Å². The van der Waals surface area contributed by atoms with Crippen molar-refractivity contribution in [1.82, 2.24) is 0 Å². The van der Waals surface area contributed by atoms with Crippen molar-refractivity contribution in [1.29, 1.82) is 0 Å². The lowest BCUT2D eigenvalue weighted by Gasteiger charge is -2.11. The van der Waals surface area contributed by atoms with E-state index < -0.39 is 32.7 Å². The maximum atomic E-state index is 12.6. The first-order valence-electron chi connectivity index (χ1n) is 6.46. The second kappa shape index (κ2) is 6.25. The summed E-state index contributed by atoms with van der Waals surface area (Å²) in [6, 6.07) is 7.53. The number of rotatable bonds is 3. The molecule has 0 radical (unpaired) electrons. The molecule has 0 spiro atoms. The van der Waals surface area contributed by atoms with Gasteiger partial charge in [0.15, 0.2) is 5.75 Å². The van der Waals surface area contributed by atoms with E-state index in [1.54, 1.807) is 0 Å². The van der Waals surface area contributed by atoms with Crippen molar-refractivity contribution in [3.05, 3.63) is 48.0 Å². The molecule has 24 heavy (non-hydrogen) atoms. The van der Waals surface area contributed by atoms with Gasteiger partial charge in [-0.1, -0.05) is 18.2 Å². The monoisotopic (exact) mass is 360 g/mol. The van der Waals surface area contributed by atoms with Crippen LogP contribution >= 0.6 is 0 Å². The predicted molar refractivity (Wildman–Crippen MR) is 78.0 cm³/mol. The second-order valence-corrected chi connectivity index (χ2v) is 6.20. The molecular weight excluding hydrogens is 349 g/mol. The van der Waals surface area contributed by atoms with E-state index in [0.717, 1.165) is 43.3 Å². The lowest BCUT2D eigenvalue weighted by atomic mass is 10.0. The van der Waals surface area contributed by atoms with Gasteiger partial charge in [-0.05, 0) is 35.4 Å². The minimum Gasteiger partial charge on any atom is -0.425 e. The van der Waals surface area contributed by atoms with Gasteiger partial charge < -0.3 is 4.74 Å². The highest BCUT2D eigenvalue weighted by Crippen LogP contribution is 2.33. The van der Waals surface area contributed by atoms with Crippen LogP contribution < -0.4 is 4.74 Å². The van der Waals surface area contributed by atoms with Crippen LogP contribution in [0.5, 0.6) is 5.75 Å². The molecule has 0 amide bonds. The Balaban J connectivity index is 2.50. The number of benzene rings is 2. The number of hydrogen-bond donors (Lipinski definition) is 1. The molecule has 1 N–H and O–H groups in total. The highest BCUT2D eigenvalue weighted by atomic mass is 32.2. The van der Waals surface area contributed by atoms with E-state index in [9.17, 15) is 30.9 Å². The van der Waals surface area contributed by atoms with E-state index in [2.05, 4.69) is 0 Å². The van der Waals surface area contributed by atoms with Gasteiger partial charge >= 0.3 is 12.1 Å². The second-order valence-electron chi connectivity index (χ2n) is 4.81. The van der Waals surface area contributed by atoms with Crippen molar-refractivity contribution in [2.45, 2.75) is 18.0 Å². The Bertz CT molecular complexity index is 871. The molecule has 5 nitrogen and oxygen atoms in total. The molecule has 0 heterocycles. The van der Waals surface area contributed by atoms with E-state index in [0.29, 0.717) is 5.56 Å². The van der Waals surface area contributed by atoms with Gasteiger partial charge in [0.25, 0.3) is 10.1 Å². The third-order valence-electron chi connectivity index (χ3n) is 3.02. The first-order chi connectivity index (χ1) is 11.0. The first kappa shape index (κ1) is 18.0. The van der Waals surface area contributed by atoms with E-state index in [-0.39, 0.29) is 11.3 Å². The molecule has 0 saturated heterocycles. The minimum atomic E-state index is -4.70. The Morgan fingerprint density at radius 1 is 1.04 bits per heavy atom. The van der Waals surface area contributed by atoms with Crippen LogP contribution in [0.15, 0.2) is 47.4 Å². The summed E-state index contributed by atoms with van der Waals surface area (Å²) >= 11 is 0. The molecular formula is C15H11F3O5S. The quantitative estimate of drug-likeness (QED) is 0.514. The molecule has 0 unspecified atom stereocenters. The smallest absolute Gasteiger partial charge is 0.416 e.